The number of hydrogen-bond donors (Lipinski definition) is 1. The van der Waals surface area contributed by atoms with E-state index in [2.05, 4.69) is 28.0 Å². The van der Waals surface area contributed by atoms with E-state index in [9.17, 15) is 0 Å². The maximum Gasteiger partial charge on any atom is 0.128 e. The predicted molar refractivity (Wildman–Crippen MR) is 70.9 cm³/mol. The number of nitrogens with two attached hydrogens (primary N) is 1. The van der Waals surface area contributed by atoms with Crippen LogP contribution in [0.4, 0.5) is 0 Å². The van der Waals surface area contributed by atoms with E-state index in [-0.39, 0.29) is 0 Å². The first-order valence-corrected chi connectivity index (χ1v) is 6.22. The Morgan fingerprint density at radius 2 is 2.25 bits per heavy atom. The Labute approximate surface area is 105 Å². The lowest BCUT2D eigenvalue weighted by molar-refractivity contribution is 0.306. The standard InChI is InChI=1S/C12H17BrN2O/c1-2-3-4-7-16-12-6-5-11(13)8-10(12)9-15-14/h5-6,8-9H,2-4,7,14H2,1H3. The molecule has 16 heavy (non-hydrogen) atoms. The molecule has 0 radical (unpaired) electrons. The maximum atomic E-state index is 5.68. The van der Waals surface area contributed by atoms with E-state index in [0.717, 1.165) is 28.8 Å². The van der Waals surface area contributed by atoms with Gasteiger partial charge in [-0.3, -0.25) is 0 Å². The van der Waals surface area contributed by atoms with Gasteiger partial charge in [0.15, 0.2) is 0 Å². The average molecular weight is 285 g/mol. The molecule has 0 unspecified atom stereocenters. The number of benzene rings is 1. The summed E-state index contributed by atoms with van der Waals surface area (Å²) in [4.78, 5) is 0. The first kappa shape index (κ1) is 13.0. The second kappa shape index (κ2) is 7.28. The van der Waals surface area contributed by atoms with Crippen LogP contribution in [0.2, 0.25) is 0 Å². The minimum absolute atomic E-state index is 0.737. The van der Waals surface area contributed by atoms with Gasteiger partial charge < -0.3 is 10.6 Å². The molecule has 0 saturated carbocycles. The van der Waals surface area contributed by atoms with Gasteiger partial charge in [0.1, 0.15) is 5.75 Å². The molecule has 0 saturated heterocycles. The van der Waals surface area contributed by atoms with Crippen LogP contribution in [0.5, 0.6) is 5.75 Å². The van der Waals surface area contributed by atoms with E-state index in [1.807, 2.05) is 18.2 Å². The molecule has 1 aromatic rings. The van der Waals surface area contributed by atoms with Gasteiger partial charge in [-0.05, 0) is 24.6 Å². The van der Waals surface area contributed by atoms with Crippen LogP contribution >= 0.6 is 15.9 Å². The third-order valence-electron chi connectivity index (χ3n) is 2.19. The first-order valence-electron chi connectivity index (χ1n) is 5.43. The summed E-state index contributed by atoms with van der Waals surface area (Å²) in [5.41, 5.74) is 0.897. The molecule has 0 fully saturated rings. The zero-order valence-corrected chi connectivity index (χ0v) is 11.0. The molecule has 88 valence electrons. The van der Waals surface area contributed by atoms with Crippen molar-refractivity contribution in [2.45, 2.75) is 26.2 Å². The van der Waals surface area contributed by atoms with Crippen LogP contribution in [-0.4, -0.2) is 12.8 Å². The molecule has 1 aromatic carbocycles. The van der Waals surface area contributed by atoms with Crippen molar-refractivity contribution in [3.8, 4) is 5.75 Å². The van der Waals surface area contributed by atoms with Crippen molar-refractivity contribution < 1.29 is 4.74 Å². The molecule has 0 atom stereocenters. The number of unbranched alkanes of at least 4 members (excludes halogenated alkanes) is 2. The van der Waals surface area contributed by atoms with Crippen molar-refractivity contribution >= 4 is 22.1 Å². The van der Waals surface area contributed by atoms with E-state index < -0.39 is 0 Å². The number of nitrogens with zero attached hydrogens (tertiary/aromatic N) is 1. The maximum absolute atomic E-state index is 5.68. The zero-order chi connectivity index (χ0) is 11.8. The minimum Gasteiger partial charge on any atom is -0.493 e. The number of rotatable bonds is 6. The van der Waals surface area contributed by atoms with Crippen LogP contribution in [0.15, 0.2) is 27.8 Å². The number of hydrogen-bond acceptors (Lipinski definition) is 3. The summed E-state index contributed by atoms with van der Waals surface area (Å²) in [6.07, 6.45) is 5.06. The van der Waals surface area contributed by atoms with Gasteiger partial charge in [0.2, 0.25) is 0 Å². The lowest BCUT2D eigenvalue weighted by Gasteiger charge is -2.08. The van der Waals surface area contributed by atoms with Gasteiger partial charge in [-0.15, -0.1) is 0 Å². The van der Waals surface area contributed by atoms with Gasteiger partial charge in [0.05, 0.1) is 12.8 Å². The molecule has 0 bridgehead atoms. The first-order chi connectivity index (χ1) is 7.77. The fourth-order valence-corrected chi connectivity index (χ4v) is 1.74. The second-order valence-electron chi connectivity index (χ2n) is 3.52. The Bertz CT molecular complexity index is 353. The van der Waals surface area contributed by atoms with E-state index in [0.29, 0.717) is 0 Å². The number of halogens is 1. The molecule has 0 spiro atoms. The molecule has 4 heteroatoms. The number of hydrazone groups is 1. The van der Waals surface area contributed by atoms with Crippen molar-refractivity contribution in [3.05, 3.63) is 28.2 Å². The summed E-state index contributed by atoms with van der Waals surface area (Å²) in [6.45, 7) is 2.91. The summed E-state index contributed by atoms with van der Waals surface area (Å²) in [6, 6.07) is 5.81. The fourth-order valence-electron chi connectivity index (χ4n) is 1.37. The molecule has 0 aliphatic rings. The Hall–Kier alpha value is -1.03. The van der Waals surface area contributed by atoms with E-state index >= 15 is 0 Å². The molecular formula is C12H17BrN2O. The van der Waals surface area contributed by atoms with Crippen LogP contribution in [0, 0.1) is 0 Å². The van der Waals surface area contributed by atoms with Crippen LogP contribution in [0.25, 0.3) is 0 Å². The third kappa shape index (κ3) is 4.23. The summed E-state index contributed by atoms with van der Waals surface area (Å²) < 4.78 is 6.67. The minimum atomic E-state index is 0.737. The normalized spacial score (nSPS) is 10.9. The molecule has 3 nitrogen and oxygen atoms in total. The van der Waals surface area contributed by atoms with Crippen molar-refractivity contribution in [1.29, 1.82) is 0 Å². The van der Waals surface area contributed by atoms with Crippen molar-refractivity contribution in [2.75, 3.05) is 6.61 Å². The third-order valence-corrected chi connectivity index (χ3v) is 2.68. The quantitative estimate of drug-likeness (QED) is 0.377. The second-order valence-corrected chi connectivity index (χ2v) is 4.43. The molecule has 0 aliphatic heterocycles. The largest absolute Gasteiger partial charge is 0.493 e. The van der Waals surface area contributed by atoms with Crippen molar-refractivity contribution in [1.82, 2.24) is 0 Å². The monoisotopic (exact) mass is 284 g/mol. The van der Waals surface area contributed by atoms with E-state index in [1.165, 1.54) is 12.8 Å². The van der Waals surface area contributed by atoms with Gasteiger partial charge in [-0.2, -0.15) is 5.10 Å². The number of ether oxygens (including phenoxy) is 1. The Morgan fingerprint density at radius 3 is 2.94 bits per heavy atom. The zero-order valence-electron chi connectivity index (χ0n) is 9.45. The highest BCUT2D eigenvalue weighted by atomic mass is 79.9. The Balaban J connectivity index is 2.63. The van der Waals surface area contributed by atoms with Gasteiger partial charge in [0, 0.05) is 10.0 Å². The summed E-state index contributed by atoms with van der Waals surface area (Å²) in [7, 11) is 0. The van der Waals surface area contributed by atoms with Crippen molar-refractivity contribution in [3.63, 3.8) is 0 Å². The lowest BCUT2D eigenvalue weighted by Crippen LogP contribution is -2.00. The molecule has 0 aromatic heterocycles. The fraction of sp³-hybridized carbons (Fsp3) is 0.417. The smallest absolute Gasteiger partial charge is 0.128 e. The molecule has 0 heterocycles. The topological polar surface area (TPSA) is 47.6 Å². The molecule has 2 N–H and O–H groups in total. The molecule has 1 rings (SSSR count). The summed E-state index contributed by atoms with van der Waals surface area (Å²) in [5, 5.41) is 3.53. The van der Waals surface area contributed by atoms with Gasteiger partial charge >= 0.3 is 0 Å². The highest BCUT2D eigenvalue weighted by molar-refractivity contribution is 9.10. The Morgan fingerprint density at radius 1 is 1.44 bits per heavy atom. The van der Waals surface area contributed by atoms with Gasteiger partial charge in [-0.1, -0.05) is 35.7 Å². The lowest BCUT2D eigenvalue weighted by atomic mass is 10.2. The molecule has 0 amide bonds. The van der Waals surface area contributed by atoms with E-state index in [4.69, 9.17) is 10.6 Å². The molecule has 0 aliphatic carbocycles. The highest BCUT2D eigenvalue weighted by Crippen LogP contribution is 2.22. The SMILES string of the molecule is CCCCCOc1ccc(Br)cc1C=NN. The van der Waals surface area contributed by atoms with Crippen LogP contribution in [0.3, 0.4) is 0 Å². The average Bonchev–Trinajstić information content (AvgIpc) is 2.27. The highest BCUT2D eigenvalue weighted by Gasteiger charge is 2.02. The predicted octanol–water partition coefficient (Wildman–Crippen LogP) is 3.31. The van der Waals surface area contributed by atoms with E-state index in [1.54, 1.807) is 6.21 Å². The van der Waals surface area contributed by atoms with Crippen LogP contribution < -0.4 is 10.6 Å². The van der Waals surface area contributed by atoms with Crippen LogP contribution in [-0.2, 0) is 0 Å². The Kier molecular flexibility index (Phi) is 5.93. The van der Waals surface area contributed by atoms with Crippen molar-refractivity contribution in [2.24, 2.45) is 10.9 Å². The molecular weight excluding hydrogens is 268 g/mol. The van der Waals surface area contributed by atoms with Gasteiger partial charge in [-0.25, -0.2) is 0 Å². The summed E-state index contributed by atoms with van der Waals surface area (Å²) >= 11 is 3.40. The van der Waals surface area contributed by atoms with Gasteiger partial charge in [0.25, 0.3) is 0 Å². The summed E-state index contributed by atoms with van der Waals surface area (Å²) in [5.74, 6) is 5.98. The van der Waals surface area contributed by atoms with Crippen LogP contribution in [0.1, 0.15) is 31.7 Å².